The van der Waals surface area contributed by atoms with Gasteiger partial charge in [-0.15, -0.1) is 11.3 Å². The van der Waals surface area contributed by atoms with Gasteiger partial charge in [0.2, 0.25) is 0 Å². The van der Waals surface area contributed by atoms with Crippen LogP contribution in [0.1, 0.15) is 17.4 Å². The van der Waals surface area contributed by atoms with E-state index in [-0.39, 0.29) is 6.54 Å². The van der Waals surface area contributed by atoms with Crippen molar-refractivity contribution in [1.29, 1.82) is 0 Å². The number of thiophene rings is 1. The lowest BCUT2D eigenvalue weighted by Gasteiger charge is -2.21. The standard InChI is InChI=1S/C18H17NO3S/c20-16(17-6-3-11-23-17)9-10-19(18(21)22)15-8-7-13-4-1-2-5-14(13)12-15/h1-8,11-12,16,20H,9-10H2,(H,21,22)/t16-/m0/s1. The van der Waals surface area contributed by atoms with Gasteiger partial charge in [-0.25, -0.2) is 4.79 Å². The van der Waals surface area contributed by atoms with Crippen LogP contribution in [-0.2, 0) is 0 Å². The van der Waals surface area contributed by atoms with Crippen LogP contribution >= 0.6 is 11.3 Å². The van der Waals surface area contributed by atoms with Crippen LogP contribution < -0.4 is 4.90 Å². The van der Waals surface area contributed by atoms with Crippen molar-refractivity contribution in [2.24, 2.45) is 0 Å². The second kappa shape index (κ2) is 6.81. The maximum Gasteiger partial charge on any atom is 0.411 e. The van der Waals surface area contributed by atoms with Crippen molar-refractivity contribution in [1.82, 2.24) is 0 Å². The molecule has 3 aromatic rings. The van der Waals surface area contributed by atoms with Crippen LogP contribution in [0, 0.1) is 0 Å². The minimum absolute atomic E-state index is 0.243. The van der Waals surface area contributed by atoms with Crippen LogP contribution in [0.3, 0.4) is 0 Å². The van der Waals surface area contributed by atoms with Gasteiger partial charge in [0.05, 0.1) is 6.10 Å². The number of aliphatic hydroxyl groups is 1. The van der Waals surface area contributed by atoms with Crippen molar-refractivity contribution >= 4 is 33.9 Å². The Labute approximate surface area is 138 Å². The number of hydrogen-bond donors (Lipinski definition) is 2. The normalized spacial score (nSPS) is 12.2. The summed E-state index contributed by atoms with van der Waals surface area (Å²) >= 11 is 1.47. The molecule has 0 saturated heterocycles. The molecule has 5 heteroatoms. The fraction of sp³-hybridized carbons (Fsp3) is 0.167. The lowest BCUT2D eigenvalue weighted by Crippen LogP contribution is -2.31. The number of rotatable bonds is 5. The number of aliphatic hydroxyl groups excluding tert-OH is 1. The van der Waals surface area contributed by atoms with E-state index in [1.54, 1.807) is 6.07 Å². The SMILES string of the molecule is O=C(O)N(CC[C@H](O)c1cccs1)c1ccc2ccccc2c1. The Morgan fingerprint density at radius 3 is 2.57 bits per heavy atom. The highest BCUT2D eigenvalue weighted by Gasteiger charge is 2.17. The van der Waals surface area contributed by atoms with Crippen molar-refractivity contribution in [3.63, 3.8) is 0 Å². The molecule has 23 heavy (non-hydrogen) atoms. The third kappa shape index (κ3) is 3.52. The summed E-state index contributed by atoms with van der Waals surface area (Å²) in [6.45, 7) is 0.243. The monoisotopic (exact) mass is 327 g/mol. The van der Waals surface area contributed by atoms with E-state index in [9.17, 15) is 15.0 Å². The zero-order valence-corrected chi connectivity index (χ0v) is 13.2. The van der Waals surface area contributed by atoms with Crippen LogP contribution in [-0.4, -0.2) is 22.9 Å². The van der Waals surface area contributed by atoms with Gasteiger partial charge in [0.15, 0.2) is 0 Å². The Morgan fingerprint density at radius 1 is 1.09 bits per heavy atom. The molecule has 1 amide bonds. The van der Waals surface area contributed by atoms with E-state index in [1.807, 2.05) is 53.9 Å². The van der Waals surface area contributed by atoms with Crippen molar-refractivity contribution in [2.75, 3.05) is 11.4 Å². The molecule has 0 aliphatic carbocycles. The zero-order chi connectivity index (χ0) is 16.2. The van der Waals surface area contributed by atoms with Gasteiger partial charge in [0, 0.05) is 17.1 Å². The average Bonchev–Trinajstić information content (AvgIpc) is 3.09. The minimum Gasteiger partial charge on any atom is -0.465 e. The lowest BCUT2D eigenvalue weighted by atomic mass is 10.1. The molecule has 4 nitrogen and oxygen atoms in total. The van der Waals surface area contributed by atoms with Gasteiger partial charge < -0.3 is 10.2 Å². The molecule has 0 saturated carbocycles. The van der Waals surface area contributed by atoms with E-state index in [1.165, 1.54) is 16.2 Å². The lowest BCUT2D eigenvalue weighted by molar-refractivity contribution is 0.170. The highest BCUT2D eigenvalue weighted by atomic mass is 32.1. The second-order valence-corrected chi connectivity index (χ2v) is 6.26. The van der Waals surface area contributed by atoms with E-state index in [4.69, 9.17) is 0 Å². The molecule has 0 spiro atoms. The Bertz CT molecular complexity index is 801. The van der Waals surface area contributed by atoms with E-state index in [0.717, 1.165) is 15.6 Å². The first-order valence-electron chi connectivity index (χ1n) is 7.36. The molecule has 2 aromatic carbocycles. The van der Waals surface area contributed by atoms with Crippen molar-refractivity contribution in [2.45, 2.75) is 12.5 Å². The molecule has 0 radical (unpaired) electrons. The van der Waals surface area contributed by atoms with Crippen molar-refractivity contribution < 1.29 is 15.0 Å². The van der Waals surface area contributed by atoms with Crippen LogP contribution in [0.5, 0.6) is 0 Å². The molecule has 118 valence electrons. The largest absolute Gasteiger partial charge is 0.465 e. The molecule has 0 aliphatic rings. The van der Waals surface area contributed by atoms with Gasteiger partial charge in [-0.2, -0.15) is 0 Å². The highest BCUT2D eigenvalue weighted by Crippen LogP contribution is 2.25. The van der Waals surface area contributed by atoms with E-state index >= 15 is 0 Å². The van der Waals surface area contributed by atoms with E-state index in [2.05, 4.69) is 0 Å². The summed E-state index contributed by atoms with van der Waals surface area (Å²) in [4.78, 5) is 13.7. The zero-order valence-electron chi connectivity index (χ0n) is 12.4. The van der Waals surface area contributed by atoms with Gasteiger partial charge in [-0.3, -0.25) is 4.90 Å². The maximum absolute atomic E-state index is 11.6. The number of benzene rings is 2. The minimum atomic E-state index is -1.02. The molecule has 0 bridgehead atoms. The summed E-state index contributed by atoms with van der Waals surface area (Å²) in [5.74, 6) is 0. The topological polar surface area (TPSA) is 60.8 Å². The number of carboxylic acid groups (broad SMARTS) is 1. The van der Waals surface area contributed by atoms with Crippen LogP contribution in [0.25, 0.3) is 10.8 Å². The predicted octanol–water partition coefficient (Wildman–Crippen LogP) is 4.51. The van der Waals surface area contributed by atoms with Crippen LogP contribution in [0.15, 0.2) is 60.0 Å². The molecule has 1 atom stereocenters. The number of carbonyl (C=O) groups is 1. The summed E-state index contributed by atoms with van der Waals surface area (Å²) in [6.07, 6.45) is -1.30. The molecular weight excluding hydrogens is 310 g/mol. The number of anilines is 1. The van der Waals surface area contributed by atoms with Gasteiger partial charge in [-0.1, -0.05) is 36.4 Å². The first-order valence-corrected chi connectivity index (χ1v) is 8.24. The average molecular weight is 327 g/mol. The fourth-order valence-corrected chi connectivity index (χ4v) is 3.30. The Morgan fingerprint density at radius 2 is 1.87 bits per heavy atom. The third-order valence-electron chi connectivity index (χ3n) is 3.77. The molecule has 1 heterocycles. The fourth-order valence-electron chi connectivity index (χ4n) is 2.55. The third-order valence-corrected chi connectivity index (χ3v) is 4.75. The molecule has 3 rings (SSSR count). The summed E-state index contributed by atoms with van der Waals surface area (Å²) < 4.78 is 0. The summed E-state index contributed by atoms with van der Waals surface area (Å²) in [5, 5.41) is 23.6. The Balaban J connectivity index is 1.78. The molecule has 0 unspecified atom stereocenters. The quantitative estimate of drug-likeness (QED) is 0.725. The number of amides is 1. The summed E-state index contributed by atoms with van der Waals surface area (Å²) in [7, 11) is 0. The number of fused-ring (bicyclic) bond motifs is 1. The predicted molar refractivity (Wildman–Crippen MR) is 93.2 cm³/mol. The van der Waals surface area contributed by atoms with Gasteiger partial charge in [0.25, 0.3) is 0 Å². The first kappa shape index (κ1) is 15.5. The molecular formula is C18H17NO3S. The van der Waals surface area contributed by atoms with Crippen molar-refractivity contribution in [3.05, 3.63) is 64.9 Å². The smallest absolute Gasteiger partial charge is 0.411 e. The second-order valence-electron chi connectivity index (χ2n) is 5.29. The highest BCUT2D eigenvalue weighted by molar-refractivity contribution is 7.10. The summed E-state index contributed by atoms with van der Waals surface area (Å²) in [5.41, 5.74) is 0.620. The van der Waals surface area contributed by atoms with Gasteiger partial charge in [0.1, 0.15) is 0 Å². The van der Waals surface area contributed by atoms with E-state index < -0.39 is 12.2 Å². The summed E-state index contributed by atoms with van der Waals surface area (Å²) in [6, 6.07) is 17.1. The van der Waals surface area contributed by atoms with Crippen molar-refractivity contribution in [3.8, 4) is 0 Å². The first-order chi connectivity index (χ1) is 11.1. The van der Waals surface area contributed by atoms with E-state index in [0.29, 0.717) is 12.1 Å². The maximum atomic E-state index is 11.6. The Kier molecular flexibility index (Phi) is 4.60. The van der Waals surface area contributed by atoms with Gasteiger partial charge in [-0.05, 0) is 40.8 Å². The van der Waals surface area contributed by atoms with Crippen LogP contribution in [0.4, 0.5) is 10.5 Å². The van der Waals surface area contributed by atoms with Gasteiger partial charge >= 0.3 is 6.09 Å². The Hall–Kier alpha value is -2.37. The number of nitrogens with zero attached hydrogens (tertiary/aromatic N) is 1. The molecule has 2 N–H and O–H groups in total. The van der Waals surface area contributed by atoms with Crippen LogP contribution in [0.2, 0.25) is 0 Å². The molecule has 0 aliphatic heterocycles. The molecule has 1 aromatic heterocycles. The number of hydrogen-bond acceptors (Lipinski definition) is 3. The molecule has 0 fully saturated rings.